The summed E-state index contributed by atoms with van der Waals surface area (Å²) in [6.45, 7) is 6.45. The first-order valence-electron chi connectivity index (χ1n) is 6.89. The van der Waals surface area contributed by atoms with Crippen molar-refractivity contribution in [1.82, 2.24) is 0 Å². The molecule has 2 rings (SSSR count). The molecule has 0 amide bonds. The number of hydrogen-bond acceptors (Lipinski definition) is 2. The zero-order valence-corrected chi connectivity index (χ0v) is 15.3. The van der Waals surface area contributed by atoms with E-state index in [1.165, 1.54) is 22.6 Å². The van der Waals surface area contributed by atoms with Gasteiger partial charge in [0.1, 0.15) is 13.2 Å². The number of benzene rings is 1. The van der Waals surface area contributed by atoms with Gasteiger partial charge in [-0.05, 0) is 41.1 Å². The van der Waals surface area contributed by atoms with Gasteiger partial charge in [-0.25, -0.2) is 4.39 Å². The summed E-state index contributed by atoms with van der Waals surface area (Å²) >= 11 is 7.35. The molecule has 5 heteroatoms. The second kappa shape index (κ2) is 8.69. The zero-order valence-electron chi connectivity index (χ0n) is 12.7. The van der Waals surface area contributed by atoms with Crippen molar-refractivity contribution in [2.75, 3.05) is 6.61 Å². The van der Waals surface area contributed by atoms with Crippen molar-refractivity contribution < 1.29 is 9.50 Å². The third-order valence-electron chi connectivity index (χ3n) is 2.50. The first-order chi connectivity index (χ1) is 9.79. The van der Waals surface area contributed by atoms with Crippen molar-refractivity contribution in [3.8, 4) is 0 Å². The number of thiophene rings is 1. The zero-order chi connectivity index (χ0) is 15.9. The van der Waals surface area contributed by atoms with Gasteiger partial charge in [0, 0.05) is 17.9 Å². The van der Waals surface area contributed by atoms with Gasteiger partial charge in [-0.1, -0.05) is 31.8 Å². The van der Waals surface area contributed by atoms with E-state index in [1.807, 2.05) is 11.4 Å². The van der Waals surface area contributed by atoms with Crippen molar-refractivity contribution in [2.24, 2.45) is 0 Å². The quantitative estimate of drug-likeness (QED) is 0.606. The molecule has 1 nitrogen and oxygen atoms in total. The average molecular weight is 345 g/mol. The number of hydrogen-bond donors (Lipinski definition) is 1. The standard InChI is InChI=1S/C13H13FOS.C3H9ClSi/c14-12-3-1-10(2-4-12)9-13-11(5-7-15)6-8-16-13;1-5(2,3)4/h1-4,6,8,15H,5,7,9H2;1-3H3. The van der Waals surface area contributed by atoms with Crippen LogP contribution in [-0.4, -0.2) is 19.1 Å². The van der Waals surface area contributed by atoms with Crippen LogP contribution < -0.4 is 0 Å². The number of aliphatic hydroxyl groups is 1. The van der Waals surface area contributed by atoms with Crippen LogP contribution in [0.3, 0.4) is 0 Å². The van der Waals surface area contributed by atoms with E-state index in [2.05, 4.69) is 19.6 Å². The molecule has 1 N–H and O–H groups in total. The van der Waals surface area contributed by atoms with Crippen LogP contribution in [0.15, 0.2) is 35.7 Å². The normalized spacial score (nSPS) is 11.0. The molecule has 0 bridgehead atoms. The molecular formula is C16H22ClFOSSi. The van der Waals surface area contributed by atoms with Gasteiger partial charge in [0.05, 0.1) is 0 Å². The number of halogens is 2. The van der Waals surface area contributed by atoms with Gasteiger partial charge >= 0.3 is 0 Å². The van der Waals surface area contributed by atoms with Gasteiger partial charge in [-0.15, -0.1) is 11.3 Å². The van der Waals surface area contributed by atoms with Gasteiger partial charge in [0.2, 0.25) is 0 Å². The molecule has 1 heterocycles. The van der Waals surface area contributed by atoms with E-state index in [0.717, 1.165) is 12.0 Å². The summed E-state index contributed by atoms with van der Waals surface area (Å²) in [5.74, 6) is -0.203. The van der Waals surface area contributed by atoms with E-state index in [9.17, 15) is 4.39 Å². The lowest BCUT2D eigenvalue weighted by Gasteiger charge is -2.02. The van der Waals surface area contributed by atoms with E-state index >= 15 is 0 Å². The summed E-state index contributed by atoms with van der Waals surface area (Å²) in [5, 5.41) is 11.0. The molecule has 0 unspecified atom stereocenters. The van der Waals surface area contributed by atoms with Crippen LogP contribution in [0.5, 0.6) is 0 Å². The molecule has 0 spiro atoms. The van der Waals surface area contributed by atoms with Crippen molar-refractivity contribution in [1.29, 1.82) is 0 Å². The number of rotatable bonds is 4. The summed E-state index contributed by atoms with van der Waals surface area (Å²) in [6.07, 6.45) is 1.51. The third kappa shape index (κ3) is 8.36. The van der Waals surface area contributed by atoms with E-state index in [1.54, 1.807) is 23.5 Å². The molecule has 0 saturated carbocycles. The lowest BCUT2D eigenvalue weighted by Crippen LogP contribution is -2.06. The lowest BCUT2D eigenvalue weighted by atomic mass is 10.1. The highest BCUT2D eigenvalue weighted by Gasteiger charge is 2.05. The Kier molecular flexibility index (Phi) is 7.60. The maximum atomic E-state index is 12.7. The van der Waals surface area contributed by atoms with Crippen LogP contribution in [0.25, 0.3) is 0 Å². The molecule has 2 aromatic rings. The van der Waals surface area contributed by atoms with E-state index in [-0.39, 0.29) is 12.4 Å². The molecule has 0 saturated heterocycles. The molecule has 0 aliphatic carbocycles. The minimum Gasteiger partial charge on any atom is -0.396 e. The predicted octanol–water partition coefficient (Wildman–Crippen LogP) is 5.07. The van der Waals surface area contributed by atoms with E-state index in [0.29, 0.717) is 6.42 Å². The predicted molar refractivity (Wildman–Crippen MR) is 93.5 cm³/mol. The molecule has 1 aromatic heterocycles. The van der Waals surface area contributed by atoms with Crippen molar-refractivity contribution in [3.63, 3.8) is 0 Å². The van der Waals surface area contributed by atoms with Crippen molar-refractivity contribution in [3.05, 3.63) is 57.5 Å². The van der Waals surface area contributed by atoms with Crippen LogP contribution in [0.2, 0.25) is 19.6 Å². The SMILES string of the molecule is C[Si](C)(C)Cl.OCCc1ccsc1Cc1ccc(F)cc1. The van der Waals surface area contributed by atoms with Crippen LogP contribution in [0, 0.1) is 5.82 Å². The first kappa shape index (κ1) is 18.4. The second-order valence-electron chi connectivity index (χ2n) is 5.71. The molecule has 1 aromatic carbocycles. The minimum absolute atomic E-state index is 0.174. The van der Waals surface area contributed by atoms with Gasteiger partial charge in [-0.3, -0.25) is 0 Å². The van der Waals surface area contributed by atoms with Gasteiger partial charge in [-0.2, -0.15) is 11.1 Å². The van der Waals surface area contributed by atoms with E-state index in [4.69, 9.17) is 16.2 Å². The highest BCUT2D eigenvalue weighted by molar-refractivity contribution is 7.18. The molecule has 0 aliphatic rings. The van der Waals surface area contributed by atoms with Crippen LogP contribution in [0.4, 0.5) is 4.39 Å². The third-order valence-corrected chi connectivity index (χ3v) is 3.46. The molecule has 0 fully saturated rings. The van der Waals surface area contributed by atoms with Crippen LogP contribution >= 0.6 is 22.4 Å². The smallest absolute Gasteiger partial charge is 0.147 e. The average Bonchev–Trinajstić information content (AvgIpc) is 2.78. The molecule has 21 heavy (non-hydrogen) atoms. The molecule has 0 aliphatic heterocycles. The van der Waals surface area contributed by atoms with E-state index < -0.39 is 7.38 Å². The minimum atomic E-state index is -1.14. The Morgan fingerprint density at radius 1 is 1.14 bits per heavy atom. The summed E-state index contributed by atoms with van der Waals surface area (Å²) in [5.41, 5.74) is 2.29. The Morgan fingerprint density at radius 3 is 2.24 bits per heavy atom. The largest absolute Gasteiger partial charge is 0.396 e. The maximum Gasteiger partial charge on any atom is 0.147 e. The van der Waals surface area contributed by atoms with Gasteiger partial charge in [0.25, 0.3) is 0 Å². The highest BCUT2D eigenvalue weighted by Crippen LogP contribution is 2.21. The molecule has 116 valence electrons. The van der Waals surface area contributed by atoms with Crippen LogP contribution in [0.1, 0.15) is 16.0 Å². The Morgan fingerprint density at radius 2 is 1.71 bits per heavy atom. The fourth-order valence-electron chi connectivity index (χ4n) is 1.65. The van der Waals surface area contributed by atoms with Crippen molar-refractivity contribution in [2.45, 2.75) is 32.5 Å². The summed E-state index contributed by atoms with van der Waals surface area (Å²) in [7, 11) is -1.14. The monoisotopic (exact) mass is 344 g/mol. The van der Waals surface area contributed by atoms with Crippen LogP contribution in [-0.2, 0) is 12.8 Å². The van der Waals surface area contributed by atoms with Crippen molar-refractivity contribution >= 4 is 29.8 Å². The molecule has 0 atom stereocenters. The summed E-state index contributed by atoms with van der Waals surface area (Å²) in [6, 6.07) is 8.61. The fraction of sp³-hybridized carbons (Fsp3) is 0.375. The fourth-order valence-corrected chi connectivity index (χ4v) is 2.62. The Balaban J connectivity index is 0.000000383. The molecular weight excluding hydrogens is 323 g/mol. The Hall–Kier alpha value is -0.683. The van der Waals surface area contributed by atoms with Gasteiger partial charge in [0.15, 0.2) is 0 Å². The first-order valence-corrected chi connectivity index (χ1v) is 12.3. The summed E-state index contributed by atoms with van der Waals surface area (Å²) < 4.78 is 12.7. The maximum absolute atomic E-state index is 12.7. The highest BCUT2D eigenvalue weighted by atomic mass is 35.6. The topological polar surface area (TPSA) is 20.2 Å². The second-order valence-corrected chi connectivity index (χ2v) is 14.2. The Labute approximate surface area is 136 Å². The van der Waals surface area contributed by atoms with Gasteiger partial charge < -0.3 is 5.11 Å². The number of aliphatic hydroxyl groups excluding tert-OH is 1. The Bertz CT molecular complexity index is 528. The lowest BCUT2D eigenvalue weighted by molar-refractivity contribution is 0.299. The molecule has 0 radical (unpaired) electrons. The summed E-state index contributed by atoms with van der Waals surface area (Å²) in [4.78, 5) is 1.25.